The lowest BCUT2D eigenvalue weighted by molar-refractivity contribution is 0.962. The zero-order valence-corrected chi connectivity index (χ0v) is 17.3. The molecule has 0 radical (unpaired) electrons. The molecule has 28 heavy (non-hydrogen) atoms. The van der Waals surface area contributed by atoms with E-state index in [0.29, 0.717) is 30.5 Å². The highest BCUT2D eigenvalue weighted by atomic mass is 35.5. The van der Waals surface area contributed by atoms with E-state index in [0.717, 1.165) is 22.5 Å². The van der Waals surface area contributed by atoms with Crippen molar-refractivity contribution in [3.63, 3.8) is 0 Å². The number of thiazole rings is 1. The second-order valence-electron chi connectivity index (χ2n) is 6.06. The molecule has 138 valence electrons. The Kier molecular flexibility index (Phi) is 5.72. The van der Waals surface area contributed by atoms with Gasteiger partial charge in [-0.1, -0.05) is 47.5 Å². The molecule has 1 heterocycles. The van der Waals surface area contributed by atoms with Crippen LogP contribution in [0.4, 0.5) is 0 Å². The SMILES string of the molecule is Cc1cccc(C)c1-n1c(=C(C#N)C#N)s/c(=C\c2ccc(Cl)cc2Cl)c1=O. The van der Waals surface area contributed by atoms with Gasteiger partial charge in [0.15, 0.2) is 5.57 Å². The van der Waals surface area contributed by atoms with Gasteiger partial charge >= 0.3 is 0 Å². The fourth-order valence-corrected chi connectivity index (χ4v) is 4.39. The van der Waals surface area contributed by atoms with Crippen LogP contribution in [-0.4, -0.2) is 4.57 Å². The minimum atomic E-state index is -0.314. The minimum Gasteiger partial charge on any atom is -0.267 e. The van der Waals surface area contributed by atoms with Gasteiger partial charge in [0.05, 0.1) is 10.2 Å². The van der Waals surface area contributed by atoms with Gasteiger partial charge in [-0.2, -0.15) is 10.5 Å². The van der Waals surface area contributed by atoms with E-state index >= 15 is 0 Å². The summed E-state index contributed by atoms with van der Waals surface area (Å²) in [6, 6.07) is 14.4. The Morgan fingerprint density at radius 3 is 2.32 bits per heavy atom. The van der Waals surface area contributed by atoms with Gasteiger partial charge in [0.2, 0.25) is 0 Å². The number of aromatic nitrogens is 1. The first-order valence-electron chi connectivity index (χ1n) is 8.17. The molecule has 0 amide bonds. The highest BCUT2D eigenvalue weighted by Gasteiger charge is 2.15. The molecule has 1 aromatic heterocycles. The van der Waals surface area contributed by atoms with Gasteiger partial charge in [-0.25, -0.2) is 0 Å². The second-order valence-corrected chi connectivity index (χ2v) is 7.94. The zero-order chi connectivity index (χ0) is 20.4. The Morgan fingerprint density at radius 2 is 1.75 bits per heavy atom. The third-order valence-corrected chi connectivity index (χ3v) is 5.83. The summed E-state index contributed by atoms with van der Waals surface area (Å²) >= 11 is 13.3. The first-order chi connectivity index (χ1) is 13.4. The van der Waals surface area contributed by atoms with Crippen LogP contribution in [0.2, 0.25) is 10.0 Å². The topological polar surface area (TPSA) is 69.6 Å². The van der Waals surface area contributed by atoms with Crippen molar-refractivity contribution in [3.8, 4) is 17.8 Å². The van der Waals surface area contributed by atoms with E-state index in [1.807, 2.05) is 44.2 Å². The molecular weight excluding hydrogens is 413 g/mol. The van der Waals surface area contributed by atoms with Crippen molar-refractivity contribution in [2.24, 2.45) is 0 Å². The van der Waals surface area contributed by atoms with E-state index in [1.165, 1.54) is 4.57 Å². The summed E-state index contributed by atoms with van der Waals surface area (Å²) in [6.07, 6.45) is 1.64. The van der Waals surface area contributed by atoms with Crippen LogP contribution >= 0.6 is 34.5 Å². The van der Waals surface area contributed by atoms with E-state index in [1.54, 1.807) is 24.3 Å². The molecule has 0 bridgehead atoms. The molecule has 3 aromatic rings. The summed E-state index contributed by atoms with van der Waals surface area (Å²) in [4.78, 5) is 13.3. The van der Waals surface area contributed by atoms with Crippen LogP contribution in [0.1, 0.15) is 16.7 Å². The van der Waals surface area contributed by atoms with Gasteiger partial charge in [-0.15, -0.1) is 11.3 Å². The molecule has 0 N–H and O–H groups in total. The number of halogens is 2. The predicted octanol–water partition coefficient (Wildman–Crippen LogP) is 3.85. The highest BCUT2D eigenvalue weighted by molar-refractivity contribution is 7.07. The van der Waals surface area contributed by atoms with Crippen molar-refractivity contribution in [1.82, 2.24) is 4.57 Å². The van der Waals surface area contributed by atoms with Crippen molar-refractivity contribution < 1.29 is 0 Å². The van der Waals surface area contributed by atoms with Crippen LogP contribution in [0.15, 0.2) is 41.2 Å². The fourth-order valence-electron chi connectivity index (χ4n) is 2.89. The monoisotopic (exact) mass is 425 g/mol. The smallest absolute Gasteiger partial charge is 0.267 e. The summed E-state index contributed by atoms with van der Waals surface area (Å²) in [6.45, 7) is 3.77. The molecule has 2 aromatic carbocycles. The van der Waals surface area contributed by atoms with Gasteiger partial charge < -0.3 is 0 Å². The number of nitriles is 2. The average Bonchev–Trinajstić information content (AvgIpc) is 2.95. The average molecular weight is 426 g/mol. The Balaban J connectivity index is 2.47. The van der Waals surface area contributed by atoms with E-state index in [9.17, 15) is 15.3 Å². The summed E-state index contributed by atoms with van der Waals surface area (Å²) in [5, 5.41) is 19.7. The number of hydrogen-bond acceptors (Lipinski definition) is 4. The molecule has 0 saturated heterocycles. The van der Waals surface area contributed by atoms with Gasteiger partial charge in [0.1, 0.15) is 16.8 Å². The largest absolute Gasteiger partial charge is 0.273 e. The van der Waals surface area contributed by atoms with Gasteiger partial charge in [0, 0.05) is 10.0 Å². The standard InChI is InChI=1S/C21H13Cl2N3OS/c1-12-4-3-5-13(2)19(12)26-20(27)18(28-21(26)15(10-24)11-25)8-14-6-7-16(22)9-17(14)23/h3-9H,1-2H3/b18-8-. The molecule has 4 nitrogen and oxygen atoms in total. The Bertz CT molecular complexity index is 1320. The van der Waals surface area contributed by atoms with Crippen LogP contribution < -0.4 is 14.8 Å². The molecule has 0 aliphatic carbocycles. The third-order valence-electron chi connectivity index (χ3n) is 4.17. The molecule has 0 aliphatic rings. The van der Waals surface area contributed by atoms with E-state index in [2.05, 4.69) is 0 Å². The van der Waals surface area contributed by atoms with E-state index < -0.39 is 0 Å². The molecule has 0 fully saturated rings. The van der Waals surface area contributed by atoms with Gasteiger partial charge in [-0.3, -0.25) is 9.36 Å². The lowest BCUT2D eigenvalue weighted by atomic mass is 10.1. The quantitative estimate of drug-likeness (QED) is 0.625. The lowest BCUT2D eigenvalue weighted by Gasteiger charge is -2.10. The van der Waals surface area contributed by atoms with Crippen LogP contribution in [0.3, 0.4) is 0 Å². The maximum atomic E-state index is 13.3. The zero-order valence-electron chi connectivity index (χ0n) is 15.0. The Labute approximate surface area is 175 Å². The first kappa shape index (κ1) is 19.9. The first-order valence-corrected chi connectivity index (χ1v) is 9.74. The van der Waals surface area contributed by atoms with E-state index in [4.69, 9.17) is 23.2 Å². The number of para-hydroxylation sites is 1. The second kappa shape index (κ2) is 8.04. The Hall–Kier alpha value is -2.83. The van der Waals surface area contributed by atoms with Crippen LogP contribution in [0.5, 0.6) is 0 Å². The van der Waals surface area contributed by atoms with Crippen molar-refractivity contribution in [2.45, 2.75) is 13.8 Å². The highest BCUT2D eigenvalue weighted by Crippen LogP contribution is 2.21. The molecule has 3 rings (SSSR count). The number of benzene rings is 2. The molecule has 0 spiro atoms. The maximum Gasteiger partial charge on any atom is 0.273 e. The molecular formula is C21H13Cl2N3OS. The molecule has 0 atom stereocenters. The molecule has 7 heteroatoms. The number of hydrogen-bond donors (Lipinski definition) is 0. The van der Waals surface area contributed by atoms with Crippen LogP contribution in [-0.2, 0) is 0 Å². The lowest BCUT2D eigenvalue weighted by Crippen LogP contribution is -2.31. The van der Waals surface area contributed by atoms with E-state index in [-0.39, 0.29) is 11.1 Å². The fraction of sp³-hybridized carbons (Fsp3) is 0.0952. The van der Waals surface area contributed by atoms with Crippen LogP contribution in [0.25, 0.3) is 17.3 Å². The number of rotatable bonds is 2. The van der Waals surface area contributed by atoms with Crippen molar-refractivity contribution in [3.05, 3.63) is 82.7 Å². The number of nitrogens with zero attached hydrogens (tertiary/aromatic N) is 3. The van der Waals surface area contributed by atoms with Gasteiger partial charge in [-0.05, 0) is 48.7 Å². The molecule has 0 saturated carbocycles. The third kappa shape index (κ3) is 3.61. The molecule has 0 aliphatic heterocycles. The van der Waals surface area contributed by atoms with Crippen molar-refractivity contribution in [1.29, 1.82) is 10.5 Å². The molecule has 0 unspecified atom stereocenters. The summed E-state index contributed by atoms with van der Waals surface area (Å²) < 4.78 is 2.10. The number of aryl methyl sites for hydroxylation is 2. The van der Waals surface area contributed by atoms with Crippen molar-refractivity contribution >= 4 is 46.2 Å². The maximum absolute atomic E-state index is 13.3. The van der Waals surface area contributed by atoms with Gasteiger partial charge in [0.25, 0.3) is 5.56 Å². The minimum absolute atomic E-state index is 0.119. The summed E-state index contributed by atoms with van der Waals surface area (Å²) in [5.41, 5.74) is 2.60. The normalized spacial score (nSPS) is 11.1. The predicted molar refractivity (Wildman–Crippen MR) is 113 cm³/mol. The van der Waals surface area contributed by atoms with Crippen molar-refractivity contribution in [2.75, 3.05) is 0 Å². The van der Waals surface area contributed by atoms with Crippen LogP contribution in [0, 0.1) is 36.5 Å². The summed E-state index contributed by atoms with van der Waals surface area (Å²) in [5.74, 6) is 0. The summed E-state index contributed by atoms with van der Waals surface area (Å²) in [7, 11) is 0. The Morgan fingerprint density at radius 1 is 1.11 bits per heavy atom.